The van der Waals surface area contributed by atoms with Crippen LogP contribution in [-0.4, -0.2) is 38.7 Å². The topological polar surface area (TPSA) is 66.1 Å². The molecule has 0 atom stereocenters. The van der Waals surface area contributed by atoms with Crippen molar-refractivity contribution in [2.45, 2.75) is 52.4 Å². The second-order valence-electron chi connectivity index (χ2n) is 7.86. The second-order valence-corrected chi connectivity index (χ2v) is 8.80. The number of hydrogen-bond acceptors (Lipinski definition) is 5. The molecule has 0 unspecified atom stereocenters. The summed E-state index contributed by atoms with van der Waals surface area (Å²) in [5, 5.41) is 0.873. The van der Waals surface area contributed by atoms with E-state index in [2.05, 4.69) is 24.5 Å². The fourth-order valence-corrected chi connectivity index (χ4v) is 4.55. The first-order chi connectivity index (χ1) is 14.3. The lowest BCUT2D eigenvalue weighted by Gasteiger charge is -2.11. The number of para-hydroxylation sites is 2. The van der Waals surface area contributed by atoms with Gasteiger partial charge in [0, 0.05) is 30.0 Å². The lowest BCUT2D eigenvalue weighted by molar-refractivity contribution is -0.140. The molecule has 2 aromatic heterocycles. The maximum absolute atomic E-state index is 13.0. The molecule has 0 amide bonds. The molecule has 0 aliphatic carbocycles. The van der Waals surface area contributed by atoms with Gasteiger partial charge in [-0.25, -0.2) is 4.98 Å². The van der Waals surface area contributed by atoms with Gasteiger partial charge >= 0.3 is 5.97 Å². The van der Waals surface area contributed by atoms with Crippen molar-refractivity contribution in [1.82, 2.24) is 14.1 Å². The molecular weight excluding hydrogens is 398 g/mol. The van der Waals surface area contributed by atoms with Crippen LogP contribution in [0.25, 0.3) is 11.0 Å². The summed E-state index contributed by atoms with van der Waals surface area (Å²) in [5.74, 6) is 0.616. The van der Waals surface area contributed by atoms with Gasteiger partial charge in [-0.2, -0.15) is 0 Å². The molecule has 0 saturated heterocycles. The number of carbonyl (C=O) groups excluding carboxylic acids is 2. The van der Waals surface area contributed by atoms with Crippen molar-refractivity contribution >= 4 is 34.5 Å². The van der Waals surface area contributed by atoms with Gasteiger partial charge in [0.25, 0.3) is 0 Å². The van der Waals surface area contributed by atoms with E-state index in [1.807, 2.05) is 42.7 Å². The molecule has 0 radical (unpaired) electrons. The molecule has 0 saturated carbocycles. The highest BCUT2D eigenvalue weighted by Crippen LogP contribution is 2.27. The molecule has 7 heteroatoms. The van der Waals surface area contributed by atoms with E-state index in [-0.39, 0.29) is 18.2 Å². The highest BCUT2D eigenvalue weighted by Gasteiger charge is 2.19. The zero-order chi connectivity index (χ0) is 21.8. The minimum absolute atomic E-state index is 0.0700. The van der Waals surface area contributed by atoms with Crippen molar-refractivity contribution in [3.63, 3.8) is 0 Å². The van der Waals surface area contributed by atoms with Crippen LogP contribution in [0.3, 0.4) is 0 Å². The first-order valence-electron chi connectivity index (χ1n) is 10.2. The van der Waals surface area contributed by atoms with E-state index >= 15 is 0 Å². The number of esters is 1. The predicted octanol–water partition coefficient (Wildman–Crippen LogP) is 4.65. The Morgan fingerprint density at radius 1 is 1.17 bits per heavy atom. The monoisotopic (exact) mass is 427 g/mol. The van der Waals surface area contributed by atoms with Gasteiger partial charge in [0.15, 0.2) is 10.9 Å². The highest BCUT2D eigenvalue weighted by molar-refractivity contribution is 7.99. The van der Waals surface area contributed by atoms with Gasteiger partial charge in [0.1, 0.15) is 0 Å². The third-order valence-corrected chi connectivity index (χ3v) is 6.12. The summed E-state index contributed by atoms with van der Waals surface area (Å²) in [7, 11) is 1.39. The maximum Gasteiger partial charge on any atom is 0.307 e. The van der Waals surface area contributed by atoms with Crippen molar-refractivity contribution in [2.75, 3.05) is 12.9 Å². The summed E-state index contributed by atoms with van der Waals surface area (Å²) < 4.78 is 8.93. The van der Waals surface area contributed by atoms with Crippen LogP contribution in [0.5, 0.6) is 0 Å². The normalized spacial score (nSPS) is 11.4. The maximum atomic E-state index is 13.0. The molecule has 3 rings (SSSR count). The summed E-state index contributed by atoms with van der Waals surface area (Å²) in [4.78, 5) is 29.2. The number of carbonyl (C=O) groups is 2. The number of benzene rings is 1. The van der Waals surface area contributed by atoms with Crippen molar-refractivity contribution in [2.24, 2.45) is 5.92 Å². The largest absolute Gasteiger partial charge is 0.469 e. The average molecular weight is 428 g/mol. The molecule has 1 aromatic carbocycles. The summed E-state index contributed by atoms with van der Waals surface area (Å²) >= 11 is 1.48. The highest BCUT2D eigenvalue weighted by atomic mass is 32.2. The fourth-order valence-electron chi connectivity index (χ4n) is 3.65. The Kier molecular flexibility index (Phi) is 7.02. The number of imidazole rings is 1. The summed E-state index contributed by atoms with van der Waals surface area (Å²) in [6.07, 6.45) is 0.286. The number of hydrogen-bond donors (Lipinski definition) is 0. The number of ketones is 1. The number of rotatable bonds is 9. The van der Waals surface area contributed by atoms with Crippen molar-refractivity contribution in [3.8, 4) is 0 Å². The van der Waals surface area contributed by atoms with Crippen LogP contribution < -0.4 is 0 Å². The first kappa shape index (κ1) is 22.2. The zero-order valence-electron chi connectivity index (χ0n) is 18.3. The summed E-state index contributed by atoms with van der Waals surface area (Å²) in [6.45, 7) is 9.61. The number of fused-ring (bicyclic) bond motifs is 1. The molecule has 2 heterocycles. The number of nitrogens with zero attached hydrogens (tertiary/aromatic N) is 3. The fraction of sp³-hybridized carbons (Fsp3) is 0.435. The van der Waals surface area contributed by atoms with Gasteiger partial charge in [-0.15, -0.1) is 0 Å². The predicted molar refractivity (Wildman–Crippen MR) is 120 cm³/mol. The Bertz CT molecular complexity index is 1070. The molecular formula is C23H29N3O3S. The third kappa shape index (κ3) is 4.78. The lowest BCUT2D eigenvalue weighted by atomic mass is 10.2. The van der Waals surface area contributed by atoms with Gasteiger partial charge in [0.05, 0.1) is 30.3 Å². The first-order valence-corrected chi connectivity index (χ1v) is 11.1. The van der Waals surface area contributed by atoms with E-state index in [0.29, 0.717) is 23.8 Å². The molecule has 3 aromatic rings. The Morgan fingerprint density at radius 2 is 1.90 bits per heavy atom. The second kappa shape index (κ2) is 9.51. The van der Waals surface area contributed by atoms with Crippen LogP contribution in [0.2, 0.25) is 0 Å². The van der Waals surface area contributed by atoms with Gasteiger partial charge in [-0.05, 0) is 38.0 Å². The Labute approximate surface area is 181 Å². The molecule has 0 aliphatic rings. The molecule has 160 valence electrons. The van der Waals surface area contributed by atoms with Gasteiger partial charge < -0.3 is 13.9 Å². The van der Waals surface area contributed by atoms with Gasteiger partial charge in [0.2, 0.25) is 0 Å². The summed E-state index contributed by atoms with van der Waals surface area (Å²) in [6, 6.07) is 9.99. The van der Waals surface area contributed by atoms with Crippen molar-refractivity contribution in [1.29, 1.82) is 0 Å². The number of Topliss-reactive ketones (excluding diaryl/α,β-unsaturated/α-hetero) is 1. The van der Waals surface area contributed by atoms with Crippen LogP contribution in [-0.2, 0) is 22.6 Å². The van der Waals surface area contributed by atoms with E-state index < -0.39 is 0 Å². The number of aromatic nitrogens is 3. The minimum Gasteiger partial charge on any atom is -0.469 e. The SMILES string of the molecule is COC(=O)CCn1c(C)cc(C(=O)CSc2nc3ccccc3n2CC(C)C)c1C. The van der Waals surface area contributed by atoms with E-state index in [1.54, 1.807) is 0 Å². The standard InChI is InChI=1S/C23H29N3O3S/c1-15(2)13-26-20-9-7-6-8-19(20)24-23(26)30-14-21(27)18-12-16(3)25(17(18)4)11-10-22(28)29-5/h6-9,12,15H,10-11,13-14H2,1-5H3. The smallest absolute Gasteiger partial charge is 0.307 e. The Balaban J connectivity index is 1.77. The number of ether oxygens (including phenoxy) is 1. The molecule has 0 bridgehead atoms. The quantitative estimate of drug-likeness (QED) is 0.283. The lowest BCUT2D eigenvalue weighted by Crippen LogP contribution is -2.11. The van der Waals surface area contributed by atoms with Crippen LogP contribution in [0.4, 0.5) is 0 Å². The average Bonchev–Trinajstić information content (AvgIpc) is 3.21. The van der Waals surface area contributed by atoms with Crippen LogP contribution in [0.1, 0.15) is 42.0 Å². The van der Waals surface area contributed by atoms with Crippen LogP contribution in [0, 0.1) is 19.8 Å². The number of methoxy groups -OCH3 is 1. The van der Waals surface area contributed by atoms with E-state index in [9.17, 15) is 9.59 Å². The Hall–Kier alpha value is -2.54. The van der Waals surface area contributed by atoms with Gasteiger partial charge in [-0.1, -0.05) is 37.7 Å². The van der Waals surface area contributed by atoms with Gasteiger partial charge in [-0.3, -0.25) is 9.59 Å². The zero-order valence-corrected chi connectivity index (χ0v) is 19.1. The molecule has 6 nitrogen and oxygen atoms in total. The minimum atomic E-state index is -0.255. The molecule has 0 spiro atoms. The van der Waals surface area contributed by atoms with Crippen LogP contribution >= 0.6 is 11.8 Å². The molecule has 0 N–H and O–H groups in total. The van der Waals surface area contributed by atoms with Crippen molar-refractivity contribution < 1.29 is 14.3 Å². The number of aryl methyl sites for hydroxylation is 1. The molecule has 0 fully saturated rings. The third-order valence-electron chi connectivity index (χ3n) is 5.14. The van der Waals surface area contributed by atoms with E-state index in [4.69, 9.17) is 9.72 Å². The molecule has 30 heavy (non-hydrogen) atoms. The number of thioether (sulfide) groups is 1. The molecule has 0 aliphatic heterocycles. The van der Waals surface area contributed by atoms with E-state index in [0.717, 1.165) is 34.1 Å². The van der Waals surface area contributed by atoms with Crippen LogP contribution in [0.15, 0.2) is 35.5 Å². The van der Waals surface area contributed by atoms with Crippen molar-refractivity contribution in [3.05, 3.63) is 47.3 Å². The Morgan fingerprint density at radius 3 is 2.60 bits per heavy atom. The summed E-state index contributed by atoms with van der Waals surface area (Å²) in [5.41, 5.74) is 4.61. The van der Waals surface area contributed by atoms with E-state index in [1.165, 1.54) is 18.9 Å².